The maximum Gasteiger partial charge on any atom is 0.372 e. The third-order valence-electron chi connectivity index (χ3n) is 6.69. The molecule has 39 heavy (non-hydrogen) atoms. The van der Waals surface area contributed by atoms with Crippen LogP contribution in [0.25, 0.3) is 21.8 Å². The van der Waals surface area contributed by atoms with Crippen LogP contribution >= 0.6 is 0 Å². The van der Waals surface area contributed by atoms with E-state index < -0.39 is 23.8 Å². The molecular weight excluding hydrogens is 544 g/mol. The van der Waals surface area contributed by atoms with Gasteiger partial charge in [-0.3, -0.25) is 9.11 Å². The van der Waals surface area contributed by atoms with E-state index in [1.807, 2.05) is 67.7 Å². The maximum absolute atomic E-state index is 13.3. The van der Waals surface area contributed by atoms with Crippen molar-refractivity contribution in [2.24, 2.45) is 7.05 Å². The van der Waals surface area contributed by atoms with E-state index in [0.717, 1.165) is 27.6 Å². The molecule has 4 rings (SSSR count). The third kappa shape index (κ3) is 6.98. The van der Waals surface area contributed by atoms with Crippen LogP contribution in [0.1, 0.15) is 31.1 Å². The van der Waals surface area contributed by atoms with Crippen molar-refractivity contribution in [2.75, 3.05) is 0 Å². The molecule has 0 unspecified atom stereocenters. The Balaban J connectivity index is 0.000000532. The summed E-state index contributed by atoms with van der Waals surface area (Å²) in [6, 6.07) is 23.2. The van der Waals surface area contributed by atoms with E-state index in [0.29, 0.717) is 11.3 Å². The summed E-state index contributed by atoms with van der Waals surface area (Å²) in [5.74, 6) is 0.939. The smallest absolute Gasteiger partial charge is 0.372 e. The van der Waals surface area contributed by atoms with Crippen LogP contribution in [-0.2, 0) is 17.1 Å². The van der Waals surface area contributed by atoms with Crippen LogP contribution in [0, 0.1) is 0 Å². The van der Waals surface area contributed by atoms with Crippen molar-refractivity contribution in [3.63, 3.8) is 0 Å². The largest absolute Gasteiger partial charge is 0.543 e. The Morgan fingerprint density at radius 1 is 0.846 bits per heavy atom. The minimum atomic E-state index is -4.91. The van der Waals surface area contributed by atoms with E-state index in [9.17, 15) is 17.8 Å². The van der Waals surface area contributed by atoms with Gasteiger partial charge in [0.1, 0.15) is 18.5 Å². The fraction of sp³-hybridized carbons (Fsp3) is 0.250. The molecule has 1 heterocycles. The number of para-hydroxylation sites is 2. The third-order valence-corrected chi connectivity index (χ3v) is 11.4. The molecule has 0 saturated carbocycles. The number of pyridine rings is 1. The summed E-state index contributed by atoms with van der Waals surface area (Å²) >= 11 is 0. The second-order valence-corrected chi connectivity index (χ2v) is 16.4. The fourth-order valence-electron chi connectivity index (χ4n) is 3.63. The number of aryl methyl sites for hydroxylation is 1. The summed E-state index contributed by atoms with van der Waals surface area (Å²) in [6.45, 7) is 11.1. The molecule has 0 aliphatic carbocycles. The standard InChI is InChI=1S/C27H30NO3Si.CH2F2O3S/c1-27(2,3)32(5,6)31-20-17-15-19(16-18-20)30-26(29)25-21-11-7-9-13-23(21)28(4)24-14-10-8-12-22(24)25;2-1(3)7(4,5)6/h7-18H,1-6H3;(H2,4,5,6)/q+1;. The molecule has 208 valence electrons. The number of fused-ring (bicyclic) bond motifs is 2. The van der Waals surface area contributed by atoms with Gasteiger partial charge in [0.2, 0.25) is 19.4 Å². The van der Waals surface area contributed by atoms with E-state index in [1.165, 1.54) is 0 Å². The highest BCUT2D eigenvalue weighted by Gasteiger charge is 2.39. The van der Waals surface area contributed by atoms with E-state index in [2.05, 4.69) is 38.4 Å². The molecule has 0 amide bonds. The molecule has 1 aromatic heterocycles. The lowest BCUT2D eigenvalue weighted by atomic mass is 10.0. The zero-order valence-electron chi connectivity index (χ0n) is 22.6. The molecule has 0 radical (unpaired) electrons. The van der Waals surface area contributed by atoms with Crippen molar-refractivity contribution in [3.8, 4) is 11.5 Å². The monoisotopic (exact) mass is 576 g/mol. The molecule has 4 aromatic rings. The highest BCUT2D eigenvalue weighted by molar-refractivity contribution is 7.91. The number of aromatic nitrogens is 1. The molecule has 0 fully saturated rings. The van der Waals surface area contributed by atoms with Gasteiger partial charge in [0.25, 0.3) is 10.1 Å². The first kappa shape index (κ1) is 30.2. The van der Waals surface area contributed by atoms with E-state index >= 15 is 0 Å². The molecule has 11 heteroatoms. The number of halogens is 2. The number of carbonyl (C=O) groups is 1. The first-order valence-electron chi connectivity index (χ1n) is 12.0. The van der Waals surface area contributed by atoms with Crippen molar-refractivity contribution >= 4 is 51.5 Å². The fourth-order valence-corrected chi connectivity index (χ4v) is 4.66. The normalized spacial score (nSPS) is 12.1. The van der Waals surface area contributed by atoms with Gasteiger partial charge in [-0.25, -0.2) is 9.00 Å². The molecule has 0 bridgehead atoms. The van der Waals surface area contributed by atoms with Gasteiger partial charge in [-0.2, -0.15) is 13.3 Å². The van der Waals surface area contributed by atoms with Gasteiger partial charge in [0.15, 0.2) is 0 Å². The molecular formula is C28H32F2NO6SSi+. The average Bonchev–Trinajstić information content (AvgIpc) is 2.84. The van der Waals surface area contributed by atoms with E-state index in [4.69, 9.17) is 18.3 Å². The number of hydrogen-bond acceptors (Lipinski definition) is 4. The highest BCUT2D eigenvalue weighted by Crippen LogP contribution is 2.37. The van der Waals surface area contributed by atoms with Crippen molar-refractivity contribution in [1.29, 1.82) is 0 Å². The van der Waals surface area contributed by atoms with Gasteiger partial charge in [-0.15, -0.1) is 0 Å². The molecule has 0 saturated heterocycles. The molecule has 2 N–H and O–H groups in total. The van der Waals surface area contributed by atoms with Gasteiger partial charge in [-0.1, -0.05) is 45.0 Å². The Bertz CT molecular complexity index is 1570. The summed E-state index contributed by atoms with van der Waals surface area (Å²) in [6.07, 6.45) is 0. The van der Waals surface area contributed by atoms with E-state index in [1.54, 1.807) is 12.1 Å². The lowest BCUT2D eigenvalue weighted by molar-refractivity contribution is -0.617. The van der Waals surface area contributed by atoms with Crippen LogP contribution in [0.4, 0.5) is 8.78 Å². The topological polar surface area (TPSA) is 96.9 Å². The number of esters is 1. The van der Waals surface area contributed by atoms with Gasteiger partial charge in [0.05, 0.1) is 16.3 Å². The predicted molar refractivity (Wildman–Crippen MR) is 152 cm³/mol. The zero-order chi connectivity index (χ0) is 29.2. The second kappa shape index (κ2) is 11.4. The molecule has 0 spiro atoms. The van der Waals surface area contributed by atoms with Crippen LogP contribution in [0.15, 0.2) is 72.8 Å². The van der Waals surface area contributed by atoms with Crippen LogP contribution in [0.5, 0.6) is 11.5 Å². The minimum Gasteiger partial charge on any atom is -0.543 e. The second-order valence-electron chi connectivity index (χ2n) is 10.4. The summed E-state index contributed by atoms with van der Waals surface area (Å²) in [5, 5.41) is -1.01. The Morgan fingerprint density at radius 3 is 1.67 bits per heavy atom. The first-order valence-corrected chi connectivity index (χ1v) is 16.4. The Labute approximate surface area is 227 Å². The van der Waals surface area contributed by atoms with E-state index in [-0.39, 0.29) is 11.0 Å². The number of ether oxygens (including phenoxy) is 1. The van der Waals surface area contributed by atoms with Crippen molar-refractivity contribution in [3.05, 3.63) is 78.4 Å². The number of nitrogens with zero attached hydrogens (tertiary/aromatic N) is 1. The van der Waals surface area contributed by atoms with Crippen LogP contribution < -0.4 is 13.7 Å². The Kier molecular flexibility index (Phi) is 8.81. The average molecular weight is 577 g/mol. The number of carbonyl (C=O) groups excluding carboxylic acids is 1. The quantitative estimate of drug-likeness (QED) is 0.0536. The minimum absolute atomic E-state index is 0.115. The van der Waals surface area contributed by atoms with Crippen LogP contribution in [0.2, 0.25) is 18.1 Å². The highest BCUT2D eigenvalue weighted by atomic mass is 32.2. The van der Waals surface area contributed by atoms with Gasteiger partial charge in [-0.05, 0) is 54.5 Å². The SMILES string of the molecule is C[n+]1c2ccccc2c(C(=O)Oc2ccc(O[Si](C)(C)C(C)(C)C)cc2)c2ccccc21.O=S(O)(O)=C(F)F. The van der Waals surface area contributed by atoms with Gasteiger partial charge >= 0.3 is 11.3 Å². The summed E-state index contributed by atoms with van der Waals surface area (Å²) in [7, 11) is -4.82. The van der Waals surface area contributed by atoms with Crippen molar-refractivity contribution < 1.29 is 40.6 Å². The molecule has 7 nitrogen and oxygen atoms in total. The lowest BCUT2D eigenvalue weighted by Gasteiger charge is -2.36. The molecule has 0 atom stereocenters. The lowest BCUT2D eigenvalue weighted by Crippen LogP contribution is -2.43. The first-order chi connectivity index (χ1) is 18.0. The maximum atomic E-state index is 13.3. The van der Waals surface area contributed by atoms with Crippen LogP contribution in [-0.4, -0.2) is 33.0 Å². The number of rotatable bonds is 4. The van der Waals surface area contributed by atoms with Crippen LogP contribution in [0.3, 0.4) is 0 Å². The molecule has 0 aliphatic rings. The number of benzene rings is 3. The molecule has 0 aliphatic heterocycles. The van der Waals surface area contributed by atoms with Gasteiger partial charge in [0, 0.05) is 12.1 Å². The zero-order valence-corrected chi connectivity index (χ0v) is 24.4. The van der Waals surface area contributed by atoms with Crippen molar-refractivity contribution in [2.45, 2.75) is 38.9 Å². The summed E-state index contributed by atoms with van der Waals surface area (Å²) < 4.78 is 59.6. The predicted octanol–water partition coefficient (Wildman–Crippen LogP) is 6.66. The summed E-state index contributed by atoms with van der Waals surface area (Å²) in [4.78, 5) is 13.3. The van der Waals surface area contributed by atoms with Gasteiger partial charge < -0.3 is 9.16 Å². The number of hydrogen-bond donors (Lipinski definition) is 2. The molecule has 3 aromatic carbocycles. The summed E-state index contributed by atoms with van der Waals surface area (Å²) in [5.41, 5.74) is 2.54. The Morgan fingerprint density at radius 2 is 1.26 bits per heavy atom. The van der Waals surface area contributed by atoms with Crippen molar-refractivity contribution in [1.82, 2.24) is 0 Å². The Hall–Kier alpha value is -3.38.